The van der Waals surface area contributed by atoms with Crippen molar-refractivity contribution in [3.8, 4) is 0 Å². The van der Waals surface area contributed by atoms with Gasteiger partial charge in [0.05, 0.1) is 0 Å². The Morgan fingerprint density at radius 2 is 1.61 bits per heavy atom. The Balaban J connectivity index is 1.69. The highest BCUT2D eigenvalue weighted by atomic mass is 14.7. The second kappa shape index (κ2) is 5.37. The Morgan fingerprint density at radius 3 is 2.35 bits per heavy atom. The number of hydrogen-bond donors (Lipinski definition) is 0. The molecule has 4 fully saturated rings. The molecule has 0 aromatic carbocycles. The largest absolute Gasteiger partial charge is 0.103 e. The molecule has 0 aliphatic heterocycles. The summed E-state index contributed by atoms with van der Waals surface area (Å²) in [5, 5.41) is 0. The molecule has 0 amide bonds. The van der Waals surface area contributed by atoms with E-state index in [1.807, 2.05) is 0 Å². The molecule has 4 aliphatic carbocycles. The summed E-state index contributed by atoms with van der Waals surface area (Å²) in [5.41, 5.74) is 1.22. The molecule has 0 nitrogen and oxygen atoms in total. The fraction of sp³-hybridized carbons (Fsp3) is 0.913. The minimum Gasteiger partial charge on any atom is -0.103 e. The smallest absolute Gasteiger partial charge is 0.0154 e. The summed E-state index contributed by atoms with van der Waals surface area (Å²) in [7, 11) is 0. The molecular weight excluding hydrogens is 276 g/mol. The van der Waals surface area contributed by atoms with Crippen molar-refractivity contribution in [2.24, 2.45) is 52.3 Å². The van der Waals surface area contributed by atoms with E-state index in [2.05, 4.69) is 40.3 Å². The normalized spacial score (nSPS) is 58.9. The molecule has 4 aliphatic rings. The molecular formula is C23H38. The van der Waals surface area contributed by atoms with Crippen molar-refractivity contribution in [1.29, 1.82) is 0 Å². The van der Waals surface area contributed by atoms with E-state index in [1.165, 1.54) is 51.4 Å². The molecule has 0 aromatic rings. The molecule has 0 N–H and O–H groups in total. The molecule has 4 rings (SSSR count). The Bertz CT molecular complexity index is 478. The van der Waals surface area contributed by atoms with Gasteiger partial charge in [0, 0.05) is 0 Å². The van der Waals surface area contributed by atoms with Crippen molar-refractivity contribution in [3.63, 3.8) is 0 Å². The molecule has 1 unspecified atom stereocenters. The topological polar surface area (TPSA) is 0 Å². The Morgan fingerprint density at radius 1 is 0.826 bits per heavy atom. The Labute approximate surface area is 144 Å². The summed E-state index contributed by atoms with van der Waals surface area (Å²) in [4.78, 5) is 0. The Kier molecular flexibility index (Phi) is 3.79. The maximum atomic E-state index is 4.23. The van der Waals surface area contributed by atoms with Crippen LogP contribution in [-0.2, 0) is 0 Å². The summed E-state index contributed by atoms with van der Waals surface area (Å²) in [5.74, 6) is 6.61. The van der Waals surface area contributed by atoms with Crippen LogP contribution >= 0.6 is 0 Å². The SMILES string of the molecule is C=C[C@H]1[C@H](C)C[C@H]2[C@@H]3C[C@H](C)C4CCCC[C@]4(C)[C@H]3CC[C@]12C. The van der Waals surface area contributed by atoms with Crippen molar-refractivity contribution in [3.05, 3.63) is 12.7 Å². The van der Waals surface area contributed by atoms with Crippen LogP contribution in [0, 0.1) is 52.3 Å². The number of fused-ring (bicyclic) bond motifs is 5. The van der Waals surface area contributed by atoms with Gasteiger partial charge in [-0.25, -0.2) is 0 Å². The second-order valence-corrected chi connectivity index (χ2v) is 10.5. The predicted octanol–water partition coefficient (Wildman–Crippen LogP) is 6.71. The first-order chi connectivity index (χ1) is 10.9. The van der Waals surface area contributed by atoms with E-state index in [1.54, 1.807) is 0 Å². The zero-order chi connectivity index (χ0) is 16.4. The van der Waals surface area contributed by atoms with Crippen LogP contribution in [-0.4, -0.2) is 0 Å². The van der Waals surface area contributed by atoms with Crippen molar-refractivity contribution in [1.82, 2.24) is 0 Å². The summed E-state index contributed by atoms with van der Waals surface area (Å²) in [6.07, 6.45) is 14.3. The summed E-state index contributed by atoms with van der Waals surface area (Å²) in [6, 6.07) is 0. The molecule has 0 heterocycles. The number of rotatable bonds is 1. The number of allylic oxidation sites excluding steroid dienone is 1. The zero-order valence-corrected chi connectivity index (χ0v) is 16.0. The van der Waals surface area contributed by atoms with Gasteiger partial charge in [-0.1, -0.05) is 46.6 Å². The third kappa shape index (κ3) is 2.09. The highest BCUT2D eigenvalue weighted by Crippen LogP contribution is 2.69. The van der Waals surface area contributed by atoms with E-state index in [-0.39, 0.29) is 0 Å². The van der Waals surface area contributed by atoms with E-state index in [0.29, 0.717) is 10.8 Å². The lowest BCUT2D eigenvalue weighted by atomic mass is 9.43. The quantitative estimate of drug-likeness (QED) is 0.472. The fourth-order valence-electron chi connectivity index (χ4n) is 8.71. The van der Waals surface area contributed by atoms with Crippen LogP contribution in [0.5, 0.6) is 0 Å². The van der Waals surface area contributed by atoms with E-state index in [9.17, 15) is 0 Å². The third-order valence-electron chi connectivity index (χ3n) is 9.63. The van der Waals surface area contributed by atoms with E-state index in [4.69, 9.17) is 0 Å². The predicted molar refractivity (Wildman–Crippen MR) is 99.1 cm³/mol. The highest BCUT2D eigenvalue weighted by Gasteiger charge is 2.61. The lowest BCUT2D eigenvalue weighted by molar-refractivity contribution is -0.129. The van der Waals surface area contributed by atoms with Crippen molar-refractivity contribution in [2.75, 3.05) is 0 Å². The molecule has 0 radical (unpaired) electrons. The molecule has 0 spiro atoms. The molecule has 4 saturated carbocycles. The van der Waals surface area contributed by atoms with Gasteiger partial charge in [-0.3, -0.25) is 0 Å². The monoisotopic (exact) mass is 314 g/mol. The van der Waals surface area contributed by atoms with Gasteiger partial charge in [0.2, 0.25) is 0 Å². The van der Waals surface area contributed by atoms with Crippen LogP contribution in [0.25, 0.3) is 0 Å². The van der Waals surface area contributed by atoms with Gasteiger partial charge >= 0.3 is 0 Å². The molecule has 23 heavy (non-hydrogen) atoms. The molecule has 0 heteroatoms. The average Bonchev–Trinajstić information content (AvgIpc) is 2.77. The first-order valence-electron chi connectivity index (χ1n) is 10.5. The Hall–Kier alpha value is -0.260. The maximum absolute atomic E-state index is 4.23. The standard InChI is InChI=1S/C23H38/c1-6-18-16(3)14-21-17-13-15(2)19-9-7-8-11-22(19,4)20(17)10-12-23(18,21)5/h6,15-21H,1,7-14H2,2-5H3/t15-,16+,17+,18-,19?,20-,21-,22-,23+/m0/s1. The van der Waals surface area contributed by atoms with Gasteiger partial charge in [0.25, 0.3) is 0 Å². The number of hydrogen-bond acceptors (Lipinski definition) is 0. The van der Waals surface area contributed by atoms with Gasteiger partial charge in [0.1, 0.15) is 0 Å². The first-order valence-corrected chi connectivity index (χ1v) is 10.5. The zero-order valence-electron chi connectivity index (χ0n) is 16.0. The minimum atomic E-state index is 0.555. The molecule has 9 atom stereocenters. The second-order valence-electron chi connectivity index (χ2n) is 10.5. The average molecular weight is 315 g/mol. The van der Waals surface area contributed by atoms with Gasteiger partial charge in [-0.2, -0.15) is 0 Å². The lowest BCUT2D eigenvalue weighted by Gasteiger charge is -2.62. The highest BCUT2D eigenvalue weighted by molar-refractivity contribution is 5.13. The summed E-state index contributed by atoms with van der Waals surface area (Å²) < 4.78 is 0. The molecule has 0 saturated heterocycles. The van der Waals surface area contributed by atoms with Gasteiger partial charge in [-0.15, -0.1) is 6.58 Å². The van der Waals surface area contributed by atoms with Crippen molar-refractivity contribution >= 4 is 0 Å². The third-order valence-corrected chi connectivity index (χ3v) is 9.63. The van der Waals surface area contributed by atoms with E-state index in [0.717, 1.165) is 41.4 Å². The summed E-state index contributed by atoms with van der Waals surface area (Å²) >= 11 is 0. The summed E-state index contributed by atoms with van der Waals surface area (Å²) in [6.45, 7) is 14.7. The molecule has 130 valence electrons. The lowest BCUT2D eigenvalue weighted by Crippen LogP contribution is -2.54. The van der Waals surface area contributed by atoms with Gasteiger partial charge in [0.15, 0.2) is 0 Å². The van der Waals surface area contributed by atoms with Crippen LogP contribution in [0.3, 0.4) is 0 Å². The van der Waals surface area contributed by atoms with Crippen LogP contribution in [0.1, 0.15) is 79.1 Å². The maximum Gasteiger partial charge on any atom is -0.0154 e. The van der Waals surface area contributed by atoms with Crippen LogP contribution < -0.4 is 0 Å². The van der Waals surface area contributed by atoms with Crippen LogP contribution in [0.15, 0.2) is 12.7 Å². The molecule has 0 aromatic heterocycles. The van der Waals surface area contributed by atoms with Gasteiger partial charge < -0.3 is 0 Å². The van der Waals surface area contributed by atoms with E-state index < -0.39 is 0 Å². The van der Waals surface area contributed by atoms with E-state index >= 15 is 0 Å². The fourth-order valence-corrected chi connectivity index (χ4v) is 8.71. The van der Waals surface area contributed by atoms with Crippen molar-refractivity contribution < 1.29 is 0 Å². The van der Waals surface area contributed by atoms with Crippen LogP contribution in [0.4, 0.5) is 0 Å². The van der Waals surface area contributed by atoms with Crippen LogP contribution in [0.2, 0.25) is 0 Å². The van der Waals surface area contributed by atoms with Gasteiger partial charge in [-0.05, 0) is 90.8 Å². The van der Waals surface area contributed by atoms with Crippen molar-refractivity contribution in [2.45, 2.75) is 79.1 Å². The minimum absolute atomic E-state index is 0.555. The first kappa shape index (κ1) is 16.2. The molecule has 0 bridgehead atoms.